The molecular formula is C29H34N6O4S2. The van der Waals surface area contributed by atoms with Crippen molar-refractivity contribution >= 4 is 49.9 Å². The van der Waals surface area contributed by atoms with E-state index in [9.17, 15) is 18.0 Å². The Morgan fingerprint density at radius 3 is 2.49 bits per heavy atom. The minimum Gasteiger partial charge on any atom is -0.351 e. The molecular weight excluding hydrogens is 560 g/mol. The molecule has 2 N–H and O–H groups in total. The summed E-state index contributed by atoms with van der Waals surface area (Å²) in [4.78, 5) is 30.2. The monoisotopic (exact) mass is 594 g/mol. The first-order valence-corrected chi connectivity index (χ1v) is 16.2. The fourth-order valence-electron chi connectivity index (χ4n) is 5.05. The van der Waals surface area contributed by atoms with E-state index in [1.54, 1.807) is 19.1 Å². The van der Waals surface area contributed by atoms with E-state index in [-0.39, 0.29) is 35.3 Å². The van der Waals surface area contributed by atoms with Crippen LogP contribution in [0.15, 0.2) is 70.9 Å². The van der Waals surface area contributed by atoms with Gasteiger partial charge in [-0.15, -0.1) is 16.4 Å². The first-order valence-electron chi connectivity index (χ1n) is 13.8. The average Bonchev–Trinajstić information content (AvgIpc) is 3.75. The fraction of sp³-hybridized carbons (Fsp3) is 0.379. The highest BCUT2D eigenvalue weighted by molar-refractivity contribution is 7.89. The zero-order valence-electron chi connectivity index (χ0n) is 23.1. The van der Waals surface area contributed by atoms with Gasteiger partial charge in [-0.3, -0.25) is 14.5 Å². The number of hydrogen-bond donors (Lipinski definition) is 2. The maximum Gasteiger partial charge on any atom is 0.249 e. The summed E-state index contributed by atoms with van der Waals surface area (Å²) in [5, 5.41) is 13.4. The van der Waals surface area contributed by atoms with Crippen molar-refractivity contribution in [1.29, 1.82) is 0 Å². The van der Waals surface area contributed by atoms with Gasteiger partial charge in [0.1, 0.15) is 18.1 Å². The van der Waals surface area contributed by atoms with Crippen LogP contribution in [-0.2, 0) is 26.2 Å². The Kier molecular flexibility index (Phi) is 8.81. The van der Waals surface area contributed by atoms with Crippen LogP contribution in [0.1, 0.15) is 56.9 Å². The summed E-state index contributed by atoms with van der Waals surface area (Å²) in [7, 11) is -3.75. The Labute approximate surface area is 243 Å². The molecule has 4 aromatic rings. The number of thiophene rings is 1. The van der Waals surface area contributed by atoms with Gasteiger partial charge >= 0.3 is 0 Å². The molecule has 12 heteroatoms. The molecule has 41 heavy (non-hydrogen) atoms. The second-order valence-electron chi connectivity index (χ2n) is 10.3. The Bertz CT molecular complexity index is 1600. The summed E-state index contributed by atoms with van der Waals surface area (Å²) in [6.45, 7) is 3.54. The van der Waals surface area contributed by atoms with Crippen LogP contribution in [0.5, 0.6) is 0 Å². The van der Waals surface area contributed by atoms with Gasteiger partial charge in [0, 0.05) is 22.6 Å². The number of amides is 2. The molecule has 2 aromatic heterocycles. The summed E-state index contributed by atoms with van der Waals surface area (Å²) in [6.07, 6.45) is 4.55. The Morgan fingerprint density at radius 2 is 1.80 bits per heavy atom. The zero-order chi connectivity index (χ0) is 29.0. The average molecular weight is 595 g/mol. The summed E-state index contributed by atoms with van der Waals surface area (Å²) in [6, 6.07) is 16.0. The second kappa shape index (κ2) is 12.5. The van der Waals surface area contributed by atoms with Gasteiger partial charge in [-0.05, 0) is 74.0 Å². The van der Waals surface area contributed by atoms with E-state index in [1.165, 1.54) is 33.1 Å². The van der Waals surface area contributed by atoms with E-state index >= 15 is 0 Å². The van der Waals surface area contributed by atoms with Gasteiger partial charge in [0.05, 0.1) is 10.4 Å². The normalized spacial score (nSPS) is 15.6. The van der Waals surface area contributed by atoms with Gasteiger partial charge in [0.2, 0.25) is 21.8 Å². The van der Waals surface area contributed by atoms with Crippen LogP contribution in [-0.4, -0.2) is 47.3 Å². The van der Waals surface area contributed by atoms with E-state index in [4.69, 9.17) is 0 Å². The van der Waals surface area contributed by atoms with Crippen molar-refractivity contribution in [3.8, 4) is 0 Å². The van der Waals surface area contributed by atoms with E-state index in [2.05, 4.69) is 20.4 Å². The molecule has 0 radical (unpaired) electrons. The first-order chi connectivity index (χ1) is 19.8. The topological polar surface area (TPSA) is 126 Å². The number of sulfonamides is 1. The van der Waals surface area contributed by atoms with Crippen molar-refractivity contribution in [2.75, 3.05) is 4.90 Å². The van der Waals surface area contributed by atoms with Crippen LogP contribution in [0.25, 0.3) is 11.0 Å². The van der Waals surface area contributed by atoms with E-state index in [0.717, 1.165) is 25.7 Å². The van der Waals surface area contributed by atoms with Crippen molar-refractivity contribution in [1.82, 2.24) is 25.0 Å². The number of fused-ring (bicyclic) bond motifs is 1. The summed E-state index contributed by atoms with van der Waals surface area (Å²) < 4.78 is 30.0. The largest absolute Gasteiger partial charge is 0.351 e. The van der Waals surface area contributed by atoms with E-state index in [1.807, 2.05) is 48.7 Å². The highest BCUT2D eigenvalue weighted by atomic mass is 32.2. The van der Waals surface area contributed by atoms with Crippen LogP contribution >= 0.6 is 11.3 Å². The van der Waals surface area contributed by atoms with Crippen molar-refractivity contribution in [3.05, 3.63) is 70.9 Å². The number of nitrogens with one attached hydrogen (secondary N) is 2. The smallest absolute Gasteiger partial charge is 0.249 e. The van der Waals surface area contributed by atoms with Gasteiger partial charge in [-0.1, -0.05) is 43.2 Å². The van der Waals surface area contributed by atoms with Crippen LogP contribution in [0, 0.1) is 0 Å². The molecule has 216 valence electrons. The molecule has 2 unspecified atom stereocenters. The molecule has 0 aliphatic heterocycles. The highest BCUT2D eigenvalue weighted by Gasteiger charge is 2.35. The lowest BCUT2D eigenvalue weighted by Crippen LogP contribution is -2.47. The lowest BCUT2D eigenvalue weighted by Gasteiger charge is -2.31. The molecule has 2 heterocycles. The maximum atomic E-state index is 14.1. The standard InChI is InChI=1S/C29H34N6O4S2/c1-3-20(2)32-41(38,39)23-16-14-22(15-17-23)35(27(36)19-34-25-12-7-6-11-24(25)31-33-34)28(26-13-8-18-40-26)29(37)30-21-9-4-5-10-21/h6-8,11-18,20-21,28,32H,3-5,9-10,19H2,1-2H3,(H,30,37). The lowest BCUT2D eigenvalue weighted by atomic mass is 10.1. The zero-order valence-corrected chi connectivity index (χ0v) is 24.7. The molecule has 1 aliphatic rings. The number of benzene rings is 2. The number of para-hydroxylation sites is 1. The van der Waals surface area contributed by atoms with Crippen LogP contribution < -0.4 is 14.9 Å². The Hall–Kier alpha value is -3.61. The first kappa shape index (κ1) is 28.9. The highest BCUT2D eigenvalue weighted by Crippen LogP contribution is 2.33. The molecule has 2 amide bonds. The third kappa shape index (κ3) is 6.50. The number of anilines is 1. The van der Waals surface area contributed by atoms with Crippen molar-refractivity contribution in [2.24, 2.45) is 0 Å². The molecule has 1 saturated carbocycles. The SMILES string of the molecule is CCC(C)NS(=O)(=O)c1ccc(N(C(=O)Cn2nnc3ccccc32)C(C(=O)NC2CCCC2)c2cccs2)cc1. The van der Waals surface area contributed by atoms with Crippen molar-refractivity contribution in [3.63, 3.8) is 0 Å². The lowest BCUT2D eigenvalue weighted by molar-refractivity contribution is -0.127. The number of hydrogen-bond acceptors (Lipinski definition) is 7. The molecule has 5 rings (SSSR count). The van der Waals surface area contributed by atoms with Crippen LogP contribution in [0.2, 0.25) is 0 Å². The quantitative estimate of drug-likeness (QED) is 0.265. The van der Waals surface area contributed by atoms with Gasteiger partial charge in [0.25, 0.3) is 0 Å². The fourth-order valence-corrected chi connectivity index (χ4v) is 7.19. The predicted molar refractivity (Wildman–Crippen MR) is 159 cm³/mol. The molecule has 2 atom stereocenters. The summed E-state index contributed by atoms with van der Waals surface area (Å²) >= 11 is 1.39. The second-order valence-corrected chi connectivity index (χ2v) is 13.0. The Balaban J connectivity index is 1.53. The summed E-state index contributed by atoms with van der Waals surface area (Å²) in [5.74, 6) is -0.653. The van der Waals surface area contributed by atoms with Crippen LogP contribution in [0.3, 0.4) is 0 Å². The Morgan fingerprint density at radius 1 is 1.07 bits per heavy atom. The van der Waals surface area contributed by atoms with Crippen molar-refractivity contribution in [2.45, 2.75) is 75.5 Å². The number of carbonyl (C=O) groups excluding carboxylic acids is 2. The predicted octanol–water partition coefficient (Wildman–Crippen LogP) is 4.40. The third-order valence-electron chi connectivity index (χ3n) is 7.39. The number of carbonyl (C=O) groups is 2. The van der Waals surface area contributed by atoms with E-state index < -0.39 is 16.1 Å². The van der Waals surface area contributed by atoms with Gasteiger partial charge in [0.15, 0.2) is 0 Å². The molecule has 0 saturated heterocycles. The minimum atomic E-state index is -3.75. The van der Waals surface area contributed by atoms with Crippen molar-refractivity contribution < 1.29 is 18.0 Å². The molecule has 10 nitrogen and oxygen atoms in total. The van der Waals surface area contributed by atoms with Crippen LogP contribution in [0.4, 0.5) is 5.69 Å². The molecule has 2 aromatic carbocycles. The van der Waals surface area contributed by atoms with E-state index in [0.29, 0.717) is 28.0 Å². The third-order valence-corrected chi connectivity index (χ3v) is 9.92. The molecule has 1 fully saturated rings. The number of aromatic nitrogens is 3. The molecule has 0 spiro atoms. The molecule has 1 aliphatic carbocycles. The molecule has 0 bridgehead atoms. The number of rotatable bonds is 11. The van der Waals surface area contributed by atoms with Gasteiger partial charge in [-0.25, -0.2) is 17.8 Å². The maximum absolute atomic E-state index is 14.1. The van der Waals surface area contributed by atoms with Gasteiger partial charge < -0.3 is 5.32 Å². The van der Waals surface area contributed by atoms with Gasteiger partial charge in [-0.2, -0.15) is 0 Å². The number of nitrogens with zero attached hydrogens (tertiary/aromatic N) is 4. The minimum absolute atomic E-state index is 0.0559. The summed E-state index contributed by atoms with van der Waals surface area (Å²) in [5.41, 5.74) is 1.76.